The second-order valence-corrected chi connectivity index (χ2v) is 4.20. The van der Waals surface area contributed by atoms with Gasteiger partial charge >= 0.3 is 0 Å². The molecule has 2 aromatic carbocycles. The summed E-state index contributed by atoms with van der Waals surface area (Å²) in [5, 5.41) is 3.01. The van der Waals surface area contributed by atoms with Crippen LogP contribution in [-0.4, -0.2) is 14.1 Å². The standard InChI is InChI=1S/C14H14F2N2/c1-18(2)12-6-3-10(4-7-12)17-11-5-8-13(15)14(16)9-11/h3-9,17H,1-2H3. The summed E-state index contributed by atoms with van der Waals surface area (Å²) < 4.78 is 25.8. The van der Waals surface area contributed by atoms with Crippen molar-refractivity contribution in [1.29, 1.82) is 0 Å². The third-order valence-electron chi connectivity index (χ3n) is 2.59. The van der Waals surface area contributed by atoms with Crippen LogP contribution in [-0.2, 0) is 0 Å². The van der Waals surface area contributed by atoms with Gasteiger partial charge in [0.05, 0.1) is 0 Å². The zero-order valence-electron chi connectivity index (χ0n) is 10.2. The minimum atomic E-state index is -0.857. The van der Waals surface area contributed by atoms with Crippen molar-refractivity contribution in [3.8, 4) is 0 Å². The second-order valence-electron chi connectivity index (χ2n) is 4.20. The van der Waals surface area contributed by atoms with E-state index in [1.165, 1.54) is 6.07 Å². The first-order valence-corrected chi connectivity index (χ1v) is 5.56. The highest BCUT2D eigenvalue weighted by Crippen LogP contribution is 2.21. The van der Waals surface area contributed by atoms with Crippen LogP contribution in [0.15, 0.2) is 42.5 Å². The van der Waals surface area contributed by atoms with Crippen LogP contribution in [0.25, 0.3) is 0 Å². The van der Waals surface area contributed by atoms with Gasteiger partial charge in [0.25, 0.3) is 0 Å². The van der Waals surface area contributed by atoms with E-state index < -0.39 is 11.6 Å². The first-order chi connectivity index (χ1) is 8.56. The summed E-state index contributed by atoms with van der Waals surface area (Å²) in [5.74, 6) is -1.70. The zero-order chi connectivity index (χ0) is 13.1. The summed E-state index contributed by atoms with van der Waals surface area (Å²) >= 11 is 0. The van der Waals surface area contributed by atoms with Gasteiger partial charge in [0.2, 0.25) is 0 Å². The molecule has 4 heteroatoms. The van der Waals surface area contributed by atoms with Crippen molar-refractivity contribution in [2.24, 2.45) is 0 Å². The molecule has 0 aromatic heterocycles. The lowest BCUT2D eigenvalue weighted by molar-refractivity contribution is 0.509. The van der Waals surface area contributed by atoms with Crippen LogP contribution in [0.2, 0.25) is 0 Å². The van der Waals surface area contributed by atoms with Gasteiger partial charge in [-0.15, -0.1) is 0 Å². The van der Waals surface area contributed by atoms with E-state index in [9.17, 15) is 8.78 Å². The second kappa shape index (κ2) is 5.04. The molecule has 18 heavy (non-hydrogen) atoms. The van der Waals surface area contributed by atoms with Gasteiger partial charge in [-0.1, -0.05) is 0 Å². The van der Waals surface area contributed by atoms with Crippen LogP contribution in [0.4, 0.5) is 25.8 Å². The van der Waals surface area contributed by atoms with E-state index in [0.29, 0.717) is 5.69 Å². The fourth-order valence-electron chi connectivity index (χ4n) is 1.58. The topological polar surface area (TPSA) is 15.3 Å². The molecule has 0 heterocycles. The number of halogens is 2. The highest BCUT2D eigenvalue weighted by Gasteiger charge is 2.03. The normalized spacial score (nSPS) is 10.2. The van der Waals surface area contributed by atoms with Crippen LogP contribution in [0.1, 0.15) is 0 Å². The van der Waals surface area contributed by atoms with Gasteiger partial charge in [0.15, 0.2) is 11.6 Å². The van der Waals surface area contributed by atoms with E-state index in [1.54, 1.807) is 0 Å². The Labute approximate surface area is 105 Å². The molecule has 0 atom stereocenters. The maximum Gasteiger partial charge on any atom is 0.160 e. The van der Waals surface area contributed by atoms with Crippen LogP contribution < -0.4 is 10.2 Å². The summed E-state index contributed by atoms with van der Waals surface area (Å²) in [6, 6.07) is 11.4. The van der Waals surface area contributed by atoms with Crippen molar-refractivity contribution < 1.29 is 8.78 Å². The Balaban J connectivity index is 2.15. The highest BCUT2D eigenvalue weighted by molar-refractivity contribution is 5.62. The fourth-order valence-corrected chi connectivity index (χ4v) is 1.58. The molecular formula is C14H14F2N2. The molecule has 0 saturated carbocycles. The van der Waals surface area contributed by atoms with Crippen molar-refractivity contribution in [1.82, 2.24) is 0 Å². The quantitative estimate of drug-likeness (QED) is 0.889. The molecule has 0 aliphatic rings. The van der Waals surface area contributed by atoms with Gasteiger partial charge in [0, 0.05) is 37.2 Å². The summed E-state index contributed by atoms with van der Waals surface area (Å²) in [6.07, 6.45) is 0. The molecular weight excluding hydrogens is 234 g/mol. The molecule has 94 valence electrons. The number of anilines is 3. The maximum absolute atomic E-state index is 13.0. The Morgan fingerprint density at radius 1 is 0.833 bits per heavy atom. The molecule has 0 saturated heterocycles. The summed E-state index contributed by atoms with van der Waals surface area (Å²) in [5.41, 5.74) is 2.42. The van der Waals surface area contributed by atoms with Gasteiger partial charge in [-0.2, -0.15) is 0 Å². The van der Waals surface area contributed by atoms with Gasteiger partial charge in [-0.25, -0.2) is 8.78 Å². The van der Waals surface area contributed by atoms with Gasteiger partial charge in [-0.3, -0.25) is 0 Å². The molecule has 0 amide bonds. The first-order valence-electron chi connectivity index (χ1n) is 5.56. The Morgan fingerprint density at radius 3 is 2.00 bits per heavy atom. The Morgan fingerprint density at radius 2 is 1.44 bits per heavy atom. The molecule has 0 aliphatic heterocycles. The van der Waals surface area contributed by atoms with E-state index in [4.69, 9.17) is 0 Å². The monoisotopic (exact) mass is 248 g/mol. The minimum Gasteiger partial charge on any atom is -0.378 e. The molecule has 0 unspecified atom stereocenters. The first kappa shape index (κ1) is 12.4. The molecule has 1 N–H and O–H groups in total. The summed E-state index contributed by atoms with van der Waals surface area (Å²) in [4.78, 5) is 1.99. The van der Waals surface area contributed by atoms with Crippen molar-refractivity contribution in [3.63, 3.8) is 0 Å². The van der Waals surface area contributed by atoms with Gasteiger partial charge < -0.3 is 10.2 Å². The van der Waals surface area contributed by atoms with Crippen molar-refractivity contribution in [2.45, 2.75) is 0 Å². The van der Waals surface area contributed by atoms with Crippen molar-refractivity contribution in [2.75, 3.05) is 24.3 Å². The molecule has 0 radical (unpaired) electrons. The van der Waals surface area contributed by atoms with Crippen LogP contribution in [0, 0.1) is 11.6 Å². The van der Waals surface area contributed by atoms with Gasteiger partial charge in [-0.05, 0) is 36.4 Å². The SMILES string of the molecule is CN(C)c1ccc(Nc2ccc(F)c(F)c2)cc1. The predicted octanol–water partition coefficient (Wildman–Crippen LogP) is 3.77. The number of rotatable bonds is 3. The number of nitrogens with zero attached hydrogens (tertiary/aromatic N) is 1. The summed E-state index contributed by atoms with van der Waals surface area (Å²) in [6.45, 7) is 0. The smallest absolute Gasteiger partial charge is 0.160 e. The van der Waals surface area contributed by atoms with E-state index in [2.05, 4.69) is 5.32 Å². The Kier molecular flexibility index (Phi) is 3.46. The zero-order valence-corrected chi connectivity index (χ0v) is 10.2. The third kappa shape index (κ3) is 2.77. The third-order valence-corrected chi connectivity index (χ3v) is 2.59. The lowest BCUT2D eigenvalue weighted by atomic mass is 10.2. The molecule has 2 nitrogen and oxygen atoms in total. The molecule has 0 fully saturated rings. The van der Waals surface area contributed by atoms with E-state index in [1.807, 2.05) is 43.3 Å². The van der Waals surface area contributed by atoms with E-state index >= 15 is 0 Å². The van der Waals surface area contributed by atoms with Gasteiger partial charge in [0.1, 0.15) is 0 Å². The predicted molar refractivity (Wildman–Crippen MR) is 70.4 cm³/mol. The van der Waals surface area contributed by atoms with Crippen LogP contribution in [0.3, 0.4) is 0 Å². The lowest BCUT2D eigenvalue weighted by Gasteiger charge is -2.13. The van der Waals surface area contributed by atoms with E-state index in [-0.39, 0.29) is 0 Å². The number of hydrogen-bond acceptors (Lipinski definition) is 2. The lowest BCUT2D eigenvalue weighted by Crippen LogP contribution is -2.08. The summed E-state index contributed by atoms with van der Waals surface area (Å²) in [7, 11) is 3.91. The van der Waals surface area contributed by atoms with Crippen molar-refractivity contribution in [3.05, 3.63) is 54.1 Å². The molecule has 0 aliphatic carbocycles. The molecule has 2 rings (SSSR count). The number of nitrogens with one attached hydrogen (secondary N) is 1. The average Bonchev–Trinajstić information content (AvgIpc) is 2.34. The Hall–Kier alpha value is -2.10. The van der Waals surface area contributed by atoms with Crippen LogP contribution in [0.5, 0.6) is 0 Å². The molecule has 0 bridgehead atoms. The fraction of sp³-hybridized carbons (Fsp3) is 0.143. The van der Waals surface area contributed by atoms with Crippen LogP contribution >= 0.6 is 0 Å². The van der Waals surface area contributed by atoms with Crippen molar-refractivity contribution >= 4 is 17.1 Å². The molecule has 0 spiro atoms. The number of benzene rings is 2. The van der Waals surface area contributed by atoms with E-state index in [0.717, 1.165) is 23.5 Å². The minimum absolute atomic E-state index is 0.520. The molecule has 2 aromatic rings. The highest BCUT2D eigenvalue weighted by atomic mass is 19.2. The maximum atomic E-state index is 13.0. The number of hydrogen-bond donors (Lipinski definition) is 1. The Bertz CT molecular complexity index is 536. The average molecular weight is 248 g/mol. The largest absolute Gasteiger partial charge is 0.378 e.